The molecule has 1 unspecified atom stereocenters. The number of ether oxygens (including phenoxy) is 1. The Kier molecular flexibility index (Phi) is 11.3. The summed E-state index contributed by atoms with van der Waals surface area (Å²) < 4.78 is 7.20. The average molecular weight is 721 g/mol. The Morgan fingerprint density at radius 2 is 1.76 bits per heavy atom. The van der Waals surface area contributed by atoms with Gasteiger partial charge >= 0.3 is 6.03 Å². The molecule has 3 aromatic heterocycles. The second-order valence-electron chi connectivity index (χ2n) is 15.3. The van der Waals surface area contributed by atoms with Crippen molar-refractivity contribution in [2.24, 2.45) is 5.41 Å². The number of amides is 5. The van der Waals surface area contributed by atoms with Crippen LogP contribution in [-0.4, -0.2) is 91.7 Å². The SMILES string of the molecule is CCC[C@H](NC(=O)[C@@H]1CC(Oc2nc(-c3ccccn3)nc3ccsc23)CN1C(=O)[C@@H](NC(=O)NC(C)(C)C)C(C)(C)C)C(=O)C(=O)NC1CC1. The predicted octanol–water partition coefficient (Wildman–Crippen LogP) is 3.75. The Labute approximate surface area is 301 Å². The van der Waals surface area contributed by atoms with Crippen LogP contribution in [0, 0.1) is 5.41 Å². The van der Waals surface area contributed by atoms with Gasteiger partial charge in [0.15, 0.2) is 5.82 Å². The molecule has 1 aliphatic heterocycles. The van der Waals surface area contributed by atoms with Crippen molar-refractivity contribution >= 4 is 51.1 Å². The maximum absolute atomic E-state index is 14.5. The van der Waals surface area contributed by atoms with Crippen LogP contribution in [0.5, 0.6) is 5.88 Å². The monoisotopic (exact) mass is 720 g/mol. The Morgan fingerprint density at radius 1 is 1.02 bits per heavy atom. The summed E-state index contributed by atoms with van der Waals surface area (Å²) in [7, 11) is 0. The molecule has 0 bridgehead atoms. The molecule has 14 nitrogen and oxygen atoms in total. The van der Waals surface area contributed by atoms with Crippen molar-refractivity contribution in [3.05, 3.63) is 35.8 Å². The topological polar surface area (TPSA) is 185 Å². The van der Waals surface area contributed by atoms with Crippen molar-refractivity contribution in [1.82, 2.24) is 41.1 Å². The number of fused-ring (bicyclic) bond motifs is 1. The number of aromatic nitrogens is 3. The van der Waals surface area contributed by atoms with Crippen molar-refractivity contribution in [2.45, 2.75) is 116 Å². The van der Waals surface area contributed by atoms with Crippen LogP contribution in [0.25, 0.3) is 21.7 Å². The number of carbonyl (C=O) groups excluding carboxylic acids is 5. The van der Waals surface area contributed by atoms with Crippen molar-refractivity contribution < 1.29 is 28.7 Å². The minimum Gasteiger partial charge on any atom is -0.471 e. The molecule has 2 aliphatic rings. The molecule has 1 saturated heterocycles. The zero-order valence-electron chi connectivity index (χ0n) is 30.2. The van der Waals surface area contributed by atoms with Crippen LogP contribution < -0.4 is 26.0 Å². The first kappa shape index (κ1) is 37.6. The molecule has 3 aromatic rings. The van der Waals surface area contributed by atoms with Gasteiger partial charge < -0.3 is 30.9 Å². The lowest BCUT2D eigenvalue weighted by molar-refractivity contribution is -0.144. The van der Waals surface area contributed by atoms with Crippen LogP contribution in [-0.2, 0) is 19.2 Å². The molecule has 4 heterocycles. The van der Waals surface area contributed by atoms with Gasteiger partial charge in [-0.1, -0.05) is 40.2 Å². The Hall–Kier alpha value is -4.66. The summed E-state index contributed by atoms with van der Waals surface area (Å²) in [6, 6.07) is 3.57. The summed E-state index contributed by atoms with van der Waals surface area (Å²) in [4.78, 5) is 82.7. The molecule has 1 saturated carbocycles. The van der Waals surface area contributed by atoms with Gasteiger partial charge in [0, 0.05) is 24.2 Å². The minimum atomic E-state index is -1.07. The number of hydrogen-bond acceptors (Lipinski definition) is 10. The molecule has 0 aromatic carbocycles. The first-order valence-corrected chi connectivity index (χ1v) is 18.3. The molecule has 1 aliphatic carbocycles. The second kappa shape index (κ2) is 15.3. The van der Waals surface area contributed by atoms with Gasteiger partial charge in [0.1, 0.15) is 28.6 Å². The number of nitrogens with one attached hydrogen (secondary N) is 4. The molecule has 51 heavy (non-hydrogen) atoms. The molecule has 4 atom stereocenters. The van der Waals surface area contributed by atoms with E-state index in [1.165, 1.54) is 16.2 Å². The fraction of sp³-hybridized carbons (Fsp3) is 0.556. The molecule has 274 valence electrons. The molecule has 15 heteroatoms. The van der Waals surface area contributed by atoms with Crippen LogP contribution in [0.2, 0.25) is 0 Å². The highest BCUT2D eigenvalue weighted by molar-refractivity contribution is 7.17. The fourth-order valence-corrected chi connectivity index (χ4v) is 6.61. The van der Waals surface area contributed by atoms with Crippen LogP contribution >= 0.6 is 11.3 Å². The first-order valence-electron chi connectivity index (χ1n) is 17.4. The van der Waals surface area contributed by atoms with E-state index in [1.54, 1.807) is 18.3 Å². The third kappa shape index (κ3) is 9.57. The zero-order chi connectivity index (χ0) is 37.1. The number of ketones is 1. The maximum Gasteiger partial charge on any atom is 0.315 e. The largest absolute Gasteiger partial charge is 0.471 e. The number of urea groups is 1. The summed E-state index contributed by atoms with van der Waals surface area (Å²) in [6.45, 7) is 12.8. The highest BCUT2D eigenvalue weighted by Crippen LogP contribution is 2.34. The molecular formula is C36H48N8O6S. The van der Waals surface area contributed by atoms with Gasteiger partial charge in [-0.3, -0.25) is 24.2 Å². The van der Waals surface area contributed by atoms with Gasteiger partial charge in [-0.05, 0) is 69.0 Å². The summed E-state index contributed by atoms with van der Waals surface area (Å²) >= 11 is 1.40. The van der Waals surface area contributed by atoms with E-state index < -0.39 is 64.7 Å². The Bertz CT molecular complexity index is 1760. The number of nitrogens with zero attached hydrogens (tertiary/aromatic N) is 4. The minimum absolute atomic E-state index is 0.00355. The highest BCUT2D eigenvalue weighted by Gasteiger charge is 2.47. The third-order valence-corrected chi connectivity index (χ3v) is 9.41. The van der Waals surface area contributed by atoms with Crippen molar-refractivity contribution in [2.75, 3.05) is 6.54 Å². The number of likely N-dealkylation sites (tertiary alicyclic amines) is 1. The van der Waals surface area contributed by atoms with Crippen LogP contribution in [0.3, 0.4) is 0 Å². The van der Waals surface area contributed by atoms with Gasteiger partial charge in [-0.2, -0.15) is 4.98 Å². The second-order valence-corrected chi connectivity index (χ2v) is 16.2. The standard InChI is InChI=1S/C36H48N8O6S/c1-8-11-22(26(45)31(47)38-20-13-14-20)40-30(46)25-18-21(19-44(25)33(48)28(35(2,3)4)41-34(49)43-36(5,6)7)50-32-27-23(15-17-51-27)39-29(42-32)24-12-9-10-16-37-24/h9-10,12,15-17,20-22,25,28H,8,11,13-14,18-19H2,1-7H3,(H,38,47)(H,40,46)(H2,41,43,49)/t21?,22-,25-,28+/m0/s1. The van der Waals surface area contributed by atoms with E-state index in [9.17, 15) is 24.0 Å². The van der Waals surface area contributed by atoms with Crippen molar-refractivity contribution in [1.29, 1.82) is 0 Å². The number of carbonyl (C=O) groups is 5. The van der Waals surface area contributed by atoms with Crippen LogP contribution in [0.15, 0.2) is 35.8 Å². The molecule has 5 rings (SSSR count). The summed E-state index contributed by atoms with van der Waals surface area (Å²) in [5.41, 5.74) is -0.0870. The van der Waals surface area contributed by atoms with Gasteiger partial charge in [-0.15, -0.1) is 11.3 Å². The molecule has 0 radical (unpaired) electrons. The van der Waals surface area contributed by atoms with Crippen LogP contribution in [0.4, 0.5) is 4.79 Å². The Balaban J connectivity index is 1.45. The van der Waals surface area contributed by atoms with Crippen LogP contribution in [0.1, 0.15) is 80.6 Å². The normalized spacial score (nSPS) is 18.8. The van der Waals surface area contributed by atoms with E-state index in [1.807, 2.05) is 66.0 Å². The number of pyridine rings is 1. The highest BCUT2D eigenvalue weighted by atomic mass is 32.1. The Morgan fingerprint density at radius 3 is 2.39 bits per heavy atom. The summed E-state index contributed by atoms with van der Waals surface area (Å²) in [6.07, 6.45) is 3.44. The lowest BCUT2D eigenvalue weighted by atomic mass is 9.85. The molecule has 4 N–H and O–H groups in total. The van der Waals surface area contributed by atoms with E-state index in [2.05, 4.69) is 31.2 Å². The number of Topliss-reactive ketones (excluding diaryl/α,β-unsaturated/α-hetero) is 1. The van der Waals surface area contributed by atoms with E-state index in [4.69, 9.17) is 9.72 Å². The maximum atomic E-state index is 14.5. The lowest BCUT2D eigenvalue weighted by Gasteiger charge is -2.36. The summed E-state index contributed by atoms with van der Waals surface area (Å²) in [5, 5.41) is 13.0. The van der Waals surface area contributed by atoms with Gasteiger partial charge in [0.25, 0.3) is 5.91 Å². The molecular weight excluding hydrogens is 673 g/mol. The smallest absolute Gasteiger partial charge is 0.315 e. The average Bonchev–Trinajstić information content (AvgIpc) is 3.56. The lowest BCUT2D eigenvalue weighted by Crippen LogP contribution is -2.61. The molecule has 2 fully saturated rings. The zero-order valence-corrected chi connectivity index (χ0v) is 31.1. The molecule has 5 amide bonds. The van der Waals surface area contributed by atoms with Gasteiger partial charge in [0.05, 0.1) is 18.1 Å². The predicted molar refractivity (Wildman–Crippen MR) is 193 cm³/mol. The number of thiophene rings is 1. The van der Waals surface area contributed by atoms with Gasteiger partial charge in [-0.25, -0.2) is 9.78 Å². The van der Waals surface area contributed by atoms with Crippen molar-refractivity contribution in [3.63, 3.8) is 0 Å². The van der Waals surface area contributed by atoms with E-state index in [-0.39, 0.29) is 25.4 Å². The van der Waals surface area contributed by atoms with Gasteiger partial charge in [0.2, 0.25) is 23.5 Å². The quantitative estimate of drug-likeness (QED) is 0.203. The molecule has 0 spiro atoms. The van der Waals surface area contributed by atoms with E-state index in [0.717, 1.165) is 12.8 Å². The summed E-state index contributed by atoms with van der Waals surface area (Å²) in [5.74, 6) is -1.88. The fourth-order valence-electron chi connectivity index (χ4n) is 5.85. The van der Waals surface area contributed by atoms with E-state index in [0.29, 0.717) is 34.0 Å². The van der Waals surface area contributed by atoms with E-state index >= 15 is 0 Å². The number of rotatable bonds is 12. The van der Waals surface area contributed by atoms with Crippen molar-refractivity contribution in [3.8, 4) is 17.4 Å². The number of hydrogen-bond donors (Lipinski definition) is 4. The first-order chi connectivity index (χ1) is 24.0. The third-order valence-electron chi connectivity index (χ3n) is 8.52.